The molecule has 0 saturated carbocycles. The molecule has 0 N–H and O–H groups in total. The molecule has 4 nitrogen and oxygen atoms in total. The van der Waals surface area contributed by atoms with E-state index in [1.54, 1.807) is 7.11 Å². The molecule has 0 aromatic heterocycles. The molecular weight excluding hydrogens is 319 g/mol. The first-order valence-electron chi connectivity index (χ1n) is 8.21. The Kier molecular flexibility index (Phi) is 6.53. The van der Waals surface area contributed by atoms with Crippen LogP contribution in [0.15, 0.2) is 42.5 Å². The Morgan fingerprint density at radius 1 is 1.24 bits per heavy atom. The number of carbonyl (C=O) groups is 1. The first-order chi connectivity index (χ1) is 12.1. The van der Waals surface area contributed by atoms with Gasteiger partial charge in [0.15, 0.2) is 0 Å². The highest BCUT2D eigenvalue weighted by Crippen LogP contribution is 2.23. The van der Waals surface area contributed by atoms with E-state index in [1.165, 1.54) is 17.0 Å². The number of rotatable bonds is 7. The fraction of sp³-hybridized carbons (Fsp3) is 0.300. The molecule has 0 unspecified atom stereocenters. The number of benzene rings is 2. The third-order valence-electron chi connectivity index (χ3n) is 3.87. The highest BCUT2D eigenvalue weighted by atomic mass is 19.1. The van der Waals surface area contributed by atoms with Crippen LogP contribution in [0.5, 0.6) is 5.75 Å². The Morgan fingerprint density at radius 3 is 2.56 bits per heavy atom. The van der Waals surface area contributed by atoms with Gasteiger partial charge >= 0.3 is 0 Å². The number of nitrogens with zero attached hydrogens (tertiary/aromatic N) is 2. The molecule has 2 rings (SSSR count). The van der Waals surface area contributed by atoms with Gasteiger partial charge in [-0.2, -0.15) is 5.26 Å². The SMILES string of the molecule is CCCCC(=O)N(Cc1ccc(OC)cc1)c1cc(F)cc(C#N)c1. The molecule has 0 saturated heterocycles. The zero-order chi connectivity index (χ0) is 18.2. The van der Waals surface area contributed by atoms with Crippen LogP contribution in [-0.2, 0) is 11.3 Å². The van der Waals surface area contributed by atoms with Crippen LogP contribution in [0.3, 0.4) is 0 Å². The quantitative estimate of drug-likeness (QED) is 0.749. The average molecular weight is 340 g/mol. The maximum atomic E-state index is 13.8. The van der Waals surface area contributed by atoms with Gasteiger partial charge in [-0.15, -0.1) is 0 Å². The Balaban J connectivity index is 2.33. The number of methoxy groups -OCH3 is 1. The molecule has 0 spiro atoms. The van der Waals surface area contributed by atoms with Crippen molar-refractivity contribution in [1.82, 2.24) is 0 Å². The van der Waals surface area contributed by atoms with Crippen LogP contribution in [0.4, 0.5) is 10.1 Å². The molecule has 0 aliphatic carbocycles. The van der Waals surface area contributed by atoms with Gasteiger partial charge in [0.05, 0.1) is 25.3 Å². The van der Waals surface area contributed by atoms with Crippen molar-refractivity contribution in [2.75, 3.05) is 12.0 Å². The lowest BCUT2D eigenvalue weighted by Crippen LogP contribution is -2.30. The highest BCUT2D eigenvalue weighted by molar-refractivity contribution is 5.93. The lowest BCUT2D eigenvalue weighted by molar-refractivity contribution is -0.118. The fourth-order valence-corrected chi connectivity index (χ4v) is 2.49. The molecule has 2 aromatic carbocycles. The molecule has 0 aliphatic rings. The summed E-state index contributed by atoms with van der Waals surface area (Å²) in [6.07, 6.45) is 2.04. The highest BCUT2D eigenvalue weighted by Gasteiger charge is 2.17. The lowest BCUT2D eigenvalue weighted by atomic mass is 10.1. The van der Waals surface area contributed by atoms with E-state index in [4.69, 9.17) is 10.00 Å². The topological polar surface area (TPSA) is 53.3 Å². The minimum Gasteiger partial charge on any atom is -0.497 e. The molecule has 130 valence electrons. The van der Waals surface area contributed by atoms with Crippen molar-refractivity contribution in [2.45, 2.75) is 32.7 Å². The van der Waals surface area contributed by atoms with Crippen molar-refractivity contribution in [3.05, 3.63) is 59.4 Å². The van der Waals surface area contributed by atoms with Crippen molar-refractivity contribution in [3.8, 4) is 11.8 Å². The summed E-state index contributed by atoms with van der Waals surface area (Å²) in [6, 6.07) is 13.3. The van der Waals surface area contributed by atoms with E-state index in [9.17, 15) is 9.18 Å². The van der Waals surface area contributed by atoms with Crippen LogP contribution in [0.2, 0.25) is 0 Å². The Labute approximate surface area is 147 Å². The lowest BCUT2D eigenvalue weighted by Gasteiger charge is -2.23. The first kappa shape index (κ1) is 18.5. The van der Waals surface area contributed by atoms with Gasteiger partial charge in [0, 0.05) is 12.1 Å². The second-order valence-corrected chi connectivity index (χ2v) is 5.74. The summed E-state index contributed by atoms with van der Waals surface area (Å²) in [5, 5.41) is 9.06. The average Bonchev–Trinajstić information content (AvgIpc) is 2.64. The van der Waals surface area contributed by atoms with Gasteiger partial charge in [0.2, 0.25) is 5.91 Å². The van der Waals surface area contributed by atoms with E-state index in [-0.39, 0.29) is 11.5 Å². The van der Waals surface area contributed by atoms with Crippen LogP contribution in [0.1, 0.15) is 37.3 Å². The number of hydrogen-bond acceptors (Lipinski definition) is 3. The summed E-state index contributed by atoms with van der Waals surface area (Å²) in [7, 11) is 1.59. The van der Waals surface area contributed by atoms with Gasteiger partial charge in [-0.25, -0.2) is 4.39 Å². The van der Waals surface area contributed by atoms with Gasteiger partial charge in [0.25, 0.3) is 0 Å². The smallest absolute Gasteiger partial charge is 0.227 e. The second kappa shape index (κ2) is 8.84. The van der Waals surface area contributed by atoms with E-state index < -0.39 is 5.82 Å². The van der Waals surface area contributed by atoms with Gasteiger partial charge in [-0.1, -0.05) is 25.5 Å². The number of unbranched alkanes of at least 4 members (excludes halogenated alkanes) is 1. The zero-order valence-electron chi connectivity index (χ0n) is 14.5. The molecule has 0 bridgehead atoms. The molecule has 0 aliphatic heterocycles. The van der Waals surface area contributed by atoms with E-state index in [0.29, 0.717) is 18.7 Å². The fourth-order valence-electron chi connectivity index (χ4n) is 2.49. The predicted molar refractivity (Wildman–Crippen MR) is 94.8 cm³/mol. The molecule has 1 amide bonds. The van der Waals surface area contributed by atoms with Crippen molar-refractivity contribution >= 4 is 11.6 Å². The Bertz CT molecular complexity index is 766. The predicted octanol–water partition coefficient (Wildman–Crippen LogP) is 4.43. The number of nitriles is 1. The van der Waals surface area contributed by atoms with Crippen molar-refractivity contribution in [2.24, 2.45) is 0 Å². The van der Waals surface area contributed by atoms with E-state index >= 15 is 0 Å². The number of anilines is 1. The van der Waals surface area contributed by atoms with Crippen LogP contribution < -0.4 is 9.64 Å². The molecule has 25 heavy (non-hydrogen) atoms. The van der Waals surface area contributed by atoms with Gasteiger partial charge in [-0.05, 0) is 42.3 Å². The molecule has 0 heterocycles. The normalized spacial score (nSPS) is 10.2. The minimum atomic E-state index is -0.530. The van der Waals surface area contributed by atoms with E-state index in [2.05, 4.69) is 0 Å². The zero-order valence-corrected chi connectivity index (χ0v) is 14.5. The summed E-state index contributed by atoms with van der Waals surface area (Å²) >= 11 is 0. The van der Waals surface area contributed by atoms with E-state index in [1.807, 2.05) is 37.3 Å². The Hall–Kier alpha value is -2.87. The van der Waals surface area contributed by atoms with Gasteiger partial charge in [0.1, 0.15) is 11.6 Å². The molecule has 0 fully saturated rings. The van der Waals surface area contributed by atoms with Crippen molar-refractivity contribution < 1.29 is 13.9 Å². The summed E-state index contributed by atoms with van der Waals surface area (Å²) < 4.78 is 19.0. The van der Waals surface area contributed by atoms with Crippen LogP contribution >= 0.6 is 0 Å². The minimum absolute atomic E-state index is 0.0906. The third kappa shape index (κ3) is 5.05. The maximum absolute atomic E-state index is 13.8. The first-order valence-corrected chi connectivity index (χ1v) is 8.21. The van der Waals surface area contributed by atoms with Crippen LogP contribution in [-0.4, -0.2) is 13.0 Å². The summed E-state index contributed by atoms with van der Waals surface area (Å²) in [5.74, 6) is 0.106. The monoisotopic (exact) mass is 340 g/mol. The van der Waals surface area contributed by atoms with Gasteiger partial charge < -0.3 is 9.64 Å². The number of ether oxygens (including phenoxy) is 1. The molecular formula is C20H21FN2O2. The van der Waals surface area contributed by atoms with Crippen LogP contribution in [0.25, 0.3) is 0 Å². The van der Waals surface area contributed by atoms with Crippen molar-refractivity contribution in [1.29, 1.82) is 5.26 Å². The summed E-state index contributed by atoms with van der Waals surface area (Å²) in [5.41, 5.74) is 1.49. The summed E-state index contributed by atoms with van der Waals surface area (Å²) in [4.78, 5) is 14.2. The summed E-state index contributed by atoms with van der Waals surface area (Å²) in [6.45, 7) is 2.32. The number of carbonyl (C=O) groups excluding carboxylic acids is 1. The molecule has 2 aromatic rings. The second-order valence-electron chi connectivity index (χ2n) is 5.74. The van der Waals surface area contributed by atoms with Gasteiger partial charge in [-0.3, -0.25) is 4.79 Å². The number of halogens is 1. The molecule has 0 radical (unpaired) electrons. The molecule has 5 heteroatoms. The number of amides is 1. The number of hydrogen-bond donors (Lipinski definition) is 0. The third-order valence-corrected chi connectivity index (χ3v) is 3.87. The largest absolute Gasteiger partial charge is 0.497 e. The molecule has 0 atom stereocenters. The van der Waals surface area contributed by atoms with Crippen LogP contribution in [0, 0.1) is 17.1 Å². The van der Waals surface area contributed by atoms with Crippen molar-refractivity contribution in [3.63, 3.8) is 0 Å². The Morgan fingerprint density at radius 2 is 1.96 bits per heavy atom. The van der Waals surface area contributed by atoms with E-state index in [0.717, 1.165) is 30.2 Å². The standard InChI is InChI=1S/C20H21FN2O2/c1-3-4-5-20(24)23(14-15-6-8-19(25-2)9-7-15)18-11-16(13-22)10-17(21)12-18/h6-12H,3-5,14H2,1-2H3. The maximum Gasteiger partial charge on any atom is 0.227 e.